The van der Waals surface area contributed by atoms with Crippen LogP contribution < -0.4 is 0 Å². The number of ether oxygens (including phenoxy) is 1. The summed E-state index contributed by atoms with van der Waals surface area (Å²) >= 11 is 0. The van der Waals surface area contributed by atoms with E-state index in [2.05, 4.69) is 0 Å². The molecule has 1 unspecified atom stereocenters. The van der Waals surface area contributed by atoms with Crippen molar-refractivity contribution in [3.8, 4) is 0 Å². The minimum atomic E-state index is -1.13. The molecule has 1 aromatic heterocycles. The monoisotopic (exact) mass is 238 g/mol. The fourth-order valence-electron chi connectivity index (χ4n) is 2.37. The standard InChI is InChI=1S/C12H14O5/c1-12(6-16-2)3-8(13)10-7(11(14)15)5-17-9(10)4-12/h5H,3-4,6H2,1-2H3,(H,14,15). The Kier molecular flexibility index (Phi) is 2.79. The van der Waals surface area contributed by atoms with Crippen molar-refractivity contribution in [3.63, 3.8) is 0 Å². The lowest BCUT2D eigenvalue weighted by molar-refractivity contribution is 0.0610. The zero-order valence-electron chi connectivity index (χ0n) is 9.78. The minimum Gasteiger partial charge on any atom is -0.478 e. The molecular formula is C12H14O5. The van der Waals surface area contributed by atoms with E-state index in [0.29, 0.717) is 18.8 Å². The van der Waals surface area contributed by atoms with Crippen molar-refractivity contribution < 1.29 is 23.8 Å². The van der Waals surface area contributed by atoms with Crippen molar-refractivity contribution in [1.29, 1.82) is 0 Å². The quantitative estimate of drug-likeness (QED) is 0.868. The molecule has 0 spiro atoms. The van der Waals surface area contributed by atoms with Gasteiger partial charge < -0.3 is 14.3 Å². The van der Waals surface area contributed by atoms with Gasteiger partial charge in [0.15, 0.2) is 5.78 Å². The number of furan rings is 1. The predicted octanol–water partition coefficient (Wildman–Crippen LogP) is 1.76. The highest BCUT2D eigenvalue weighted by Gasteiger charge is 2.39. The average Bonchev–Trinajstić information content (AvgIpc) is 2.60. The molecule has 1 aromatic rings. The van der Waals surface area contributed by atoms with Crippen LogP contribution in [0, 0.1) is 5.41 Å². The third-order valence-electron chi connectivity index (χ3n) is 3.04. The third kappa shape index (κ3) is 1.98. The van der Waals surface area contributed by atoms with E-state index in [0.717, 1.165) is 6.26 Å². The van der Waals surface area contributed by atoms with Crippen LogP contribution in [0.2, 0.25) is 0 Å². The molecule has 0 aliphatic heterocycles. The van der Waals surface area contributed by atoms with Crippen LogP contribution >= 0.6 is 0 Å². The highest BCUT2D eigenvalue weighted by molar-refractivity contribution is 6.07. The number of carboxylic acid groups (broad SMARTS) is 1. The van der Waals surface area contributed by atoms with E-state index >= 15 is 0 Å². The summed E-state index contributed by atoms with van der Waals surface area (Å²) < 4.78 is 10.3. The van der Waals surface area contributed by atoms with Crippen LogP contribution in [0.4, 0.5) is 0 Å². The molecular weight excluding hydrogens is 224 g/mol. The smallest absolute Gasteiger partial charge is 0.339 e. The molecule has 1 atom stereocenters. The summed E-state index contributed by atoms with van der Waals surface area (Å²) in [6.45, 7) is 2.38. The molecule has 1 aliphatic carbocycles. The summed E-state index contributed by atoms with van der Waals surface area (Å²) in [6, 6.07) is 0. The zero-order chi connectivity index (χ0) is 12.6. The van der Waals surface area contributed by atoms with Gasteiger partial charge in [0, 0.05) is 25.4 Å². The van der Waals surface area contributed by atoms with E-state index in [1.54, 1.807) is 7.11 Å². The summed E-state index contributed by atoms with van der Waals surface area (Å²) in [5, 5.41) is 8.94. The van der Waals surface area contributed by atoms with Crippen molar-refractivity contribution in [2.75, 3.05) is 13.7 Å². The Morgan fingerprint density at radius 3 is 2.88 bits per heavy atom. The number of carboxylic acids is 1. The number of fused-ring (bicyclic) bond motifs is 1. The van der Waals surface area contributed by atoms with Crippen LogP contribution in [-0.2, 0) is 11.2 Å². The van der Waals surface area contributed by atoms with Gasteiger partial charge in [-0.3, -0.25) is 4.79 Å². The van der Waals surface area contributed by atoms with Crippen molar-refractivity contribution >= 4 is 11.8 Å². The van der Waals surface area contributed by atoms with E-state index in [-0.39, 0.29) is 28.7 Å². The van der Waals surface area contributed by atoms with Crippen molar-refractivity contribution in [2.24, 2.45) is 5.41 Å². The van der Waals surface area contributed by atoms with Gasteiger partial charge in [-0.05, 0) is 0 Å². The zero-order valence-corrected chi connectivity index (χ0v) is 9.78. The Morgan fingerprint density at radius 2 is 2.29 bits per heavy atom. The highest BCUT2D eigenvalue weighted by atomic mass is 16.5. The lowest BCUT2D eigenvalue weighted by Gasteiger charge is -2.30. The van der Waals surface area contributed by atoms with Crippen LogP contribution in [0.3, 0.4) is 0 Å². The second kappa shape index (κ2) is 4.00. The maximum atomic E-state index is 12.0. The van der Waals surface area contributed by atoms with Gasteiger partial charge in [-0.25, -0.2) is 4.79 Å². The van der Waals surface area contributed by atoms with Crippen LogP contribution in [0.5, 0.6) is 0 Å². The fourth-order valence-corrected chi connectivity index (χ4v) is 2.37. The number of ketones is 1. The molecule has 0 bridgehead atoms. The van der Waals surface area contributed by atoms with Gasteiger partial charge in [-0.1, -0.05) is 6.92 Å². The second-order valence-electron chi connectivity index (χ2n) is 4.77. The van der Waals surface area contributed by atoms with Gasteiger partial charge in [0.1, 0.15) is 17.6 Å². The van der Waals surface area contributed by atoms with Crippen molar-refractivity contribution in [2.45, 2.75) is 19.8 Å². The Balaban J connectivity index is 2.40. The normalized spacial score (nSPS) is 23.5. The molecule has 5 nitrogen and oxygen atoms in total. The molecule has 92 valence electrons. The lowest BCUT2D eigenvalue weighted by atomic mass is 9.75. The largest absolute Gasteiger partial charge is 0.478 e. The number of carbonyl (C=O) groups is 2. The van der Waals surface area contributed by atoms with Crippen LogP contribution in [0.25, 0.3) is 0 Å². The SMILES string of the molecule is COCC1(C)CC(=O)c2c(C(=O)O)coc2C1. The fraction of sp³-hybridized carbons (Fsp3) is 0.500. The van der Waals surface area contributed by atoms with E-state index in [9.17, 15) is 9.59 Å². The minimum absolute atomic E-state index is 0.0375. The number of Topliss-reactive ketones (excluding diaryl/α,β-unsaturated/α-hetero) is 1. The Bertz CT molecular complexity index is 473. The number of methoxy groups -OCH3 is 1. The van der Waals surface area contributed by atoms with E-state index < -0.39 is 5.97 Å². The van der Waals surface area contributed by atoms with E-state index in [1.807, 2.05) is 6.92 Å². The van der Waals surface area contributed by atoms with Crippen LogP contribution in [0.15, 0.2) is 10.7 Å². The van der Waals surface area contributed by atoms with Gasteiger partial charge in [0.05, 0.1) is 12.2 Å². The van der Waals surface area contributed by atoms with Gasteiger partial charge in [0.25, 0.3) is 0 Å². The molecule has 1 heterocycles. The van der Waals surface area contributed by atoms with Crippen molar-refractivity contribution in [3.05, 3.63) is 23.2 Å². The molecule has 5 heteroatoms. The van der Waals surface area contributed by atoms with Gasteiger partial charge in [-0.15, -0.1) is 0 Å². The van der Waals surface area contributed by atoms with Crippen molar-refractivity contribution in [1.82, 2.24) is 0 Å². The summed E-state index contributed by atoms with van der Waals surface area (Å²) in [4.78, 5) is 22.9. The van der Waals surface area contributed by atoms with E-state index in [4.69, 9.17) is 14.3 Å². The van der Waals surface area contributed by atoms with Crippen LogP contribution in [-0.4, -0.2) is 30.6 Å². The molecule has 0 saturated heterocycles. The first-order valence-corrected chi connectivity index (χ1v) is 5.33. The summed E-state index contributed by atoms with van der Waals surface area (Å²) in [6.07, 6.45) is 1.95. The number of carbonyl (C=O) groups excluding carboxylic acids is 1. The number of hydrogen-bond acceptors (Lipinski definition) is 4. The molecule has 0 saturated carbocycles. The molecule has 2 rings (SSSR count). The number of aromatic carboxylic acids is 1. The van der Waals surface area contributed by atoms with E-state index in [1.165, 1.54) is 0 Å². The molecule has 0 amide bonds. The molecule has 17 heavy (non-hydrogen) atoms. The second-order valence-corrected chi connectivity index (χ2v) is 4.77. The van der Waals surface area contributed by atoms with Gasteiger partial charge in [-0.2, -0.15) is 0 Å². The third-order valence-corrected chi connectivity index (χ3v) is 3.04. The molecule has 1 aliphatic rings. The topological polar surface area (TPSA) is 76.7 Å². The summed E-state index contributed by atoms with van der Waals surface area (Å²) in [7, 11) is 1.58. The number of hydrogen-bond donors (Lipinski definition) is 1. The molecule has 0 fully saturated rings. The first kappa shape index (κ1) is 11.9. The lowest BCUT2D eigenvalue weighted by Crippen LogP contribution is -2.33. The number of rotatable bonds is 3. The summed E-state index contributed by atoms with van der Waals surface area (Å²) in [5.41, 5.74) is -0.123. The maximum absolute atomic E-state index is 12.0. The Hall–Kier alpha value is -1.62. The van der Waals surface area contributed by atoms with Gasteiger partial charge in [0.2, 0.25) is 0 Å². The maximum Gasteiger partial charge on any atom is 0.339 e. The van der Waals surface area contributed by atoms with Crippen LogP contribution in [0.1, 0.15) is 39.8 Å². The molecule has 0 aromatic carbocycles. The highest BCUT2D eigenvalue weighted by Crippen LogP contribution is 2.37. The predicted molar refractivity (Wildman–Crippen MR) is 58.3 cm³/mol. The average molecular weight is 238 g/mol. The summed E-state index contributed by atoms with van der Waals surface area (Å²) in [5.74, 6) is -0.853. The first-order valence-electron chi connectivity index (χ1n) is 5.33. The Morgan fingerprint density at radius 1 is 1.59 bits per heavy atom. The molecule has 1 N–H and O–H groups in total. The van der Waals surface area contributed by atoms with Gasteiger partial charge >= 0.3 is 5.97 Å². The first-order chi connectivity index (χ1) is 7.97. The molecule has 0 radical (unpaired) electrons. The Labute approximate surface area is 98.4 Å².